The molecule has 1 saturated carbocycles. The predicted molar refractivity (Wildman–Crippen MR) is 82.7 cm³/mol. The highest BCUT2D eigenvalue weighted by Gasteiger charge is 2.30. The van der Waals surface area contributed by atoms with Crippen LogP contribution in [0.4, 0.5) is 0 Å². The van der Waals surface area contributed by atoms with E-state index in [1.807, 2.05) is 19.1 Å². The summed E-state index contributed by atoms with van der Waals surface area (Å²) in [5.74, 6) is 0.00984. The smallest absolute Gasteiger partial charge is 0.337 e. The van der Waals surface area contributed by atoms with Crippen LogP contribution in [0, 0.1) is 12.3 Å². The van der Waals surface area contributed by atoms with E-state index in [9.17, 15) is 9.90 Å². The fourth-order valence-corrected chi connectivity index (χ4v) is 3.75. The summed E-state index contributed by atoms with van der Waals surface area (Å²) in [6.45, 7) is 6.61. The number of hydrogen-bond acceptors (Lipinski definition) is 2. The molecule has 1 N–H and O–H groups in total. The molecule has 1 fully saturated rings. The summed E-state index contributed by atoms with van der Waals surface area (Å²) < 4.78 is 2.25. The molecular formula is C17H22N2O2. The molecule has 0 spiro atoms. The number of fused-ring (bicyclic) bond motifs is 1. The molecule has 0 aliphatic heterocycles. The summed E-state index contributed by atoms with van der Waals surface area (Å²) in [5.41, 5.74) is 2.21. The van der Waals surface area contributed by atoms with Crippen molar-refractivity contribution in [3.8, 4) is 0 Å². The summed E-state index contributed by atoms with van der Waals surface area (Å²) in [7, 11) is 0. The first-order valence-electron chi connectivity index (χ1n) is 7.60. The number of carbonyl (C=O) groups is 1. The Morgan fingerprint density at radius 2 is 2.19 bits per heavy atom. The highest BCUT2D eigenvalue weighted by molar-refractivity contribution is 6.01. The van der Waals surface area contributed by atoms with Crippen molar-refractivity contribution in [2.24, 2.45) is 5.41 Å². The number of benzene rings is 1. The summed E-state index contributed by atoms with van der Waals surface area (Å²) in [4.78, 5) is 15.9. The Balaban J connectivity index is 2.13. The molecule has 1 aromatic carbocycles. The second-order valence-corrected chi connectivity index (χ2v) is 6.92. The van der Waals surface area contributed by atoms with Crippen molar-refractivity contribution in [2.75, 3.05) is 0 Å². The quantitative estimate of drug-likeness (QED) is 0.900. The highest BCUT2D eigenvalue weighted by Crippen LogP contribution is 2.42. The van der Waals surface area contributed by atoms with Gasteiger partial charge in [0, 0.05) is 6.04 Å². The molecule has 0 saturated heterocycles. The van der Waals surface area contributed by atoms with Crippen molar-refractivity contribution in [3.63, 3.8) is 0 Å². The zero-order valence-corrected chi connectivity index (χ0v) is 12.9. The van der Waals surface area contributed by atoms with Crippen LogP contribution in [0.25, 0.3) is 11.0 Å². The van der Waals surface area contributed by atoms with E-state index >= 15 is 0 Å². The molecule has 1 atom stereocenters. The SMILES string of the molecule is Cc1nc2c(C(=O)O)cccc2n1C1CCCC(C)(C)C1. The minimum absolute atomic E-state index is 0.296. The number of rotatable bonds is 2. The van der Waals surface area contributed by atoms with Crippen molar-refractivity contribution in [1.29, 1.82) is 0 Å². The van der Waals surface area contributed by atoms with Crippen LogP contribution in [0.1, 0.15) is 61.8 Å². The molecule has 4 heteroatoms. The molecular weight excluding hydrogens is 264 g/mol. The molecule has 21 heavy (non-hydrogen) atoms. The van der Waals surface area contributed by atoms with Gasteiger partial charge >= 0.3 is 5.97 Å². The number of aryl methyl sites for hydroxylation is 1. The zero-order valence-electron chi connectivity index (χ0n) is 12.9. The minimum Gasteiger partial charge on any atom is -0.478 e. The lowest BCUT2D eigenvalue weighted by atomic mass is 9.75. The number of imidazole rings is 1. The van der Waals surface area contributed by atoms with E-state index in [-0.39, 0.29) is 0 Å². The maximum absolute atomic E-state index is 11.4. The Morgan fingerprint density at radius 1 is 1.43 bits per heavy atom. The van der Waals surface area contributed by atoms with Crippen molar-refractivity contribution < 1.29 is 9.90 Å². The van der Waals surface area contributed by atoms with Crippen LogP contribution >= 0.6 is 0 Å². The van der Waals surface area contributed by atoms with Gasteiger partial charge < -0.3 is 9.67 Å². The van der Waals surface area contributed by atoms with E-state index in [0.717, 1.165) is 24.2 Å². The normalized spacial score (nSPS) is 21.6. The van der Waals surface area contributed by atoms with Crippen LogP contribution in [-0.4, -0.2) is 20.6 Å². The van der Waals surface area contributed by atoms with Gasteiger partial charge in [0.25, 0.3) is 0 Å². The van der Waals surface area contributed by atoms with Crippen LogP contribution in [0.3, 0.4) is 0 Å². The van der Waals surface area contributed by atoms with Crippen molar-refractivity contribution in [3.05, 3.63) is 29.6 Å². The van der Waals surface area contributed by atoms with Gasteiger partial charge in [0.05, 0.1) is 11.1 Å². The first kappa shape index (κ1) is 14.1. The Morgan fingerprint density at radius 3 is 2.86 bits per heavy atom. The number of hydrogen-bond donors (Lipinski definition) is 1. The molecule has 1 aliphatic rings. The second-order valence-electron chi connectivity index (χ2n) is 6.92. The molecule has 4 nitrogen and oxygen atoms in total. The lowest BCUT2D eigenvalue weighted by Crippen LogP contribution is -2.25. The standard InChI is InChI=1S/C17H22N2O2/c1-11-18-15-13(16(20)21)7-4-8-14(15)19(11)12-6-5-9-17(2,3)10-12/h4,7-8,12H,5-6,9-10H2,1-3H3,(H,20,21). The van der Waals surface area contributed by atoms with Crippen molar-refractivity contribution in [1.82, 2.24) is 9.55 Å². The number of carboxylic acid groups (broad SMARTS) is 1. The highest BCUT2D eigenvalue weighted by atomic mass is 16.4. The number of para-hydroxylation sites is 1. The predicted octanol–water partition coefficient (Wildman–Crippen LogP) is 4.18. The molecule has 1 aliphatic carbocycles. The molecule has 2 aromatic rings. The van der Waals surface area contributed by atoms with Crippen LogP contribution in [0.15, 0.2) is 18.2 Å². The first-order chi connectivity index (χ1) is 9.89. The van der Waals surface area contributed by atoms with Crippen molar-refractivity contribution in [2.45, 2.75) is 52.5 Å². The van der Waals surface area contributed by atoms with Gasteiger partial charge in [-0.3, -0.25) is 0 Å². The van der Waals surface area contributed by atoms with Crippen LogP contribution < -0.4 is 0 Å². The van der Waals surface area contributed by atoms with E-state index in [4.69, 9.17) is 0 Å². The molecule has 1 aromatic heterocycles. The third-order valence-electron chi connectivity index (χ3n) is 4.67. The van der Waals surface area contributed by atoms with Gasteiger partial charge in [0.15, 0.2) is 0 Å². The molecule has 0 radical (unpaired) electrons. The molecule has 1 heterocycles. The van der Waals surface area contributed by atoms with Gasteiger partial charge in [0.1, 0.15) is 11.3 Å². The van der Waals surface area contributed by atoms with Gasteiger partial charge in [-0.2, -0.15) is 0 Å². The fourth-order valence-electron chi connectivity index (χ4n) is 3.75. The first-order valence-corrected chi connectivity index (χ1v) is 7.60. The van der Waals surface area contributed by atoms with Crippen LogP contribution in [-0.2, 0) is 0 Å². The third-order valence-corrected chi connectivity index (χ3v) is 4.67. The van der Waals surface area contributed by atoms with Crippen LogP contribution in [0.5, 0.6) is 0 Å². The Kier molecular flexibility index (Phi) is 3.27. The van der Waals surface area contributed by atoms with Gasteiger partial charge in [0.2, 0.25) is 0 Å². The minimum atomic E-state index is -0.908. The Bertz CT molecular complexity index is 700. The third kappa shape index (κ3) is 2.43. The number of carboxylic acids is 1. The average Bonchev–Trinajstić information content (AvgIpc) is 2.72. The summed E-state index contributed by atoms with van der Waals surface area (Å²) in [6.07, 6.45) is 4.74. The summed E-state index contributed by atoms with van der Waals surface area (Å²) in [6, 6.07) is 5.86. The van der Waals surface area contributed by atoms with Gasteiger partial charge in [-0.1, -0.05) is 26.3 Å². The summed E-state index contributed by atoms with van der Waals surface area (Å²) >= 11 is 0. The maximum Gasteiger partial charge on any atom is 0.337 e. The second kappa shape index (κ2) is 4.86. The Labute approximate surface area is 124 Å². The van der Waals surface area contributed by atoms with E-state index in [1.165, 1.54) is 12.8 Å². The van der Waals surface area contributed by atoms with E-state index in [1.54, 1.807) is 6.07 Å². The van der Waals surface area contributed by atoms with Gasteiger partial charge in [-0.15, -0.1) is 0 Å². The lowest BCUT2D eigenvalue weighted by molar-refractivity contribution is 0.0699. The van der Waals surface area contributed by atoms with Gasteiger partial charge in [-0.05, 0) is 43.7 Å². The number of aromatic nitrogens is 2. The topological polar surface area (TPSA) is 55.1 Å². The number of nitrogens with zero attached hydrogens (tertiary/aromatic N) is 2. The number of aromatic carboxylic acids is 1. The zero-order chi connectivity index (χ0) is 15.2. The lowest BCUT2D eigenvalue weighted by Gasteiger charge is -2.36. The molecule has 3 rings (SSSR count). The van der Waals surface area contributed by atoms with Crippen LogP contribution in [0.2, 0.25) is 0 Å². The van der Waals surface area contributed by atoms with E-state index in [2.05, 4.69) is 23.4 Å². The van der Waals surface area contributed by atoms with E-state index < -0.39 is 5.97 Å². The van der Waals surface area contributed by atoms with Crippen molar-refractivity contribution >= 4 is 17.0 Å². The maximum atomic E-state index is 11.4. The molecule has 112 valence electrons. The van der Waals surface area contributed by atoms with Gasteiger partial charge in [-0.25, -0.2) is 9.78 Å². The largest absolute Gasteiger partial charge is 0.478 e. The molecule has 0 bridgehead atoms. The molecule has 1 unspecified atom stereocenters. The van der Waals surface area contributed by atoms with E-state index in [0.29, 0.717) is 22.5 Å². The molecule has 0 amide bonds. The Hall–Kier alpha value is -1.84. The fraction of sp³-hybridized carbons (Fsp3) is 0.529. The summed E-state index contributed by atoms with van der Waals surface area (Å²) in [5, 5.41) is 9.33. The monoisotopic (exact) mass is 286 g/mol. The average molecular weight is 286 g/mol.